The second kappa shape index (κ2) is 7.26. The molecule has 0 bridgehead atoms. The van der Waals surface area contributed by atoms with Crippen molar-refractivity contribution in [2.45, 2.75) is 26.2 Å². The summed E-state index contributed by atoms with van der Waals surface area (Å²) in [4.78, 5) is 26.5. The molecule has 3 rings (SSSR count). The minimum Gasteiger partial charge on any atom is -0.466 e. The molecule has 1 fully saturated rings. The van der Waals surface area contributed by atoms with E-state index >= 15 is 0 Å². The minimum absolute atomic E-state index is 0.125. The molecule has 1 atom stereocenters. The highest BCUT2D eigenvalue weighted by Gasteiger charge is 2.31. The van der Waals surface area contributed by atoms with Crippen molar-refractivity contribution >= 4 is 27.6 Å². The van der Waals surface area contributed by atoms with Crippen molar-refractivity contribution in [2.75, 3.05) is 36.8 Å². The molecule has 0 unspecified atom stereocenters. The first-order valence-corrected chi connectivity index (χ1v) is 10.7. The highest BCUT2D eigenvalue weighted by molar-refractivity contribution is 7.92. The number of rotatable bonds is 4. The van der Waals surface area contributed by atoms with Gasteiger partial charge in [-0.1, -0.05) is 0 Å². The van der Waals surface area contributed by atoms with Crippen LogP contribution in [0.25, 0.3) is 0 Å². The van der Waals surface area contributed by atoms with Crippen LogP contribution in [-0.4, -0.2) is 57.7 Å². The lowest BCUT2D eigenvalue weighted by molar-refractivity contribution is -0.149. The Bertz CT molecular complexity index is 821. The van der Waals surface area contributed by atoms with Gasteiger partial charge in [-0.2, -0.15) is 0 Å². The number of carbonyl (C=O) groups excluding carboxylic acids is 2. The number of piperidine rings is 1. The van der Waals surface area contributed by atoms with Gasteiger partial charge in [0.05, 0.1) is 24.5 Å². The lowest BCUT2D eigenvalue weighted by atomic mass is 9.97. The molecule has 26 heavy (non-hydrogen) atoms. The predicted octanol–water partition coefficient (Wildman–Crippen LogP) is 1.42. The van der Waals surface area contributed by atoms with E-state index < -0.39 is 10.0 Å². The molecule has 8 heteroatoms. The van der Waals surface area contributed by atoms with E-state index in [9.17, 15) is 18.0 Å². The van der Waals surface area contributed by atoms with Crippen LogP contribution in [0, 0.1) is 5.92 Å². The molecule has 0 spiro atoms. The van der Waals surface area contributed by atoms with Crippen LogP contribution >= 0.6 is 0 Å². The quantitative estimate of drug-likeness (QED) is 0.738. The number of sulfonamides is 1. The second-order valence-corrected chi connectivity index (χ2v) is 8.68. The Morgan fingerprint density at radius 1 is 1.27 bits per heavy atom. The monoisotopic (exact) mass is 380 g/mol. The van der Waals surface area contributed by atoms with Gasteiger partial charge >= 0.3 is 5.97 Å². The molecule has 7 nitrogen and oxygen atoms in total. The third kappa shape index (κ3) is 3.70. The molecule has 1 amide bonds. The fourth-order valence-corrected chi connectivity index (χ4v) is 4.60. The van der Waals surface area contributed by atoms with Gasteiger partial charge in [-0.3, -0.25) is 13.9 Å². The number of benzene rings is 1. The fourth-order valence-electron chi connectivity index (χ4n) is 3.65. The van der Waals surface area contributed by atoms with E-state index in [0.29, 0.717) is 43.9 Å². The van der Waals surface area contributed by atoms with Crippen molar-refractivity contribution in [3.05, 3.63) is 29.3 Å². The van der Waals surface area contributed by atoms with Gasteiger partial charge in [0.2, 0.25) is 10.0 Å². The van der Waals surface area contributed by atoms with E-state index in [1.165, 1.54) is 10.6 Å². The first kappa shape index (κ1) is 18.7. The molecule has 2 aliphatic rings. The zero-order chi connectivity index (χ0) is 18.9. The number of fused-ring (bicyclic) bond motifs is 1. The van der Waals surface area contributed by atoms with Gasteiger partial charge < -0.3 is 9.64 Å². The van der Waals surface area contributed by atoms with E-state index in [1.54, 1.807) is 30.0 Å². The Labute approximate surface area is 154 Å². The summed E-state index contributed by atoms with van der Waals surface area (Å²) in [5, 5.41) is 0. The van der Waals surface area contributed by atoms with Crippen molar-refractivity contribution in [3.63, 3.8) is 0 Å². The number of anilines is 1. The summed E-state index contributed by atoms with van der Waals surface area (Å²) in [7, 11) is -3.31. The van der Waals surface area contributed by atoms with Crippen molar-refractivity contribution < 1.29 is 22.7 Å². The number of carbonyl (C=O) groups is 2. The van der Waals surface area contributed by atoms with Gasteiger partial charge in [-0.25, -0.2) is 8.42 Å². The van der Waals surface area contributed by atoms with Crippen LogP contribution in [0.15, 0.2) is 18.2 Å². The lowest BCUT2D eigenvalue weighted by Gasteiger charge is -2.31. The summed E-state index contributed by atoms with van der Waals surface area (Å²) < 4.78 is 30.1. The number of nitrogens with zero attached hydrogens (tertiary/aromatic N) is 2. The van der Waals surface area contributed by atoms with Gasteiger partial charge in [0, 0.05) is 25.2 Å². The molecular weight excluding hydrogens is 356 g/mol. The van der Waals surface area contributed by atoms with Gasteiger partial charge in [0.25, 0.3) is 5.91 Å². The van der Waals surface area contributed by atoms with Crippen molar-refractivity contribution in [1.29, 1.82) is 0 Å². The maximum Gasteiger partial charge on any atom is 0.310 e. The number of ether oxygens (including phenoxy) is 1. The SMILES string of the molecule is CCOC(=O)[C@H]1CCCN(C(=O)c2ccc3c(c2)CCN3S(C)(=O)=O)C1. The van der Waals surface area contributed by atoms with Crippen molar-refractivity contribution in [2.24, 2.45) is 5.92 Å². The maximum atomic E-state index is 12.8. The second-order valence-electron chi connectivity index (χ2n) is 6.77. The summed E-state index contributed by atoms with van der Waals surface area (Å²) in [6.45, 7) is 3.49. The number of likely N-dealkylation sites (tertiary alicyclic amines) is 1. The van der Waals surface area contributed by atoms with Gasteiger partial charge in [-0.15, -0.1) is 0 Å². The van der Waals surface area contributed by atoms with Crippen LogP contribution in [-0.2, 0) is 26.0 Å². The van der Waals surface area contributed by atoms with E-state index in [1.807, 2.05) is 0 Å². The van der Waals surface area contributed by atoms with Gasteiger partial charge in [0.15, 0.2) is 0 Å². The lowest BCUT2D eigenvalue weighted by Crippen LogP contribution is -2.42. The molecule has 0 aromatic heterocycles. The van der Waals surface area contributed by atoms with Gasteiger partial charge in [-0.05, 0) is 49.9 Å². The molecule has 0 saturated carbocycles. The molecule has 0 aliphatic carbocycles. The van der Waals surface area contributed by atoms with Crippen LogP contribution in [0.4, 0.5) is 5.69 Å². The fraction of sp³-hybridized carbons (Fsp3) is 0.556. The summed E-state index contributed by atoms with van der Waals surface area (Å²) in [6.07, 6.45) is 3.28. The number of amides is 1. The van der Waals surface area contributed by atoms with Crippen LogP contribution in [0.5, 0.6) is 0 Å². The number of hydrogen-bond donors (Lipinski definition) is 0. The number of hydrogen-bond acceptors (Lipinski definition) is 5. The number of esters is 1. The molecule has 1 aromatic rings. The first-order valence-electron chi connectivity index (χ1n) is 8.87. The Morgan fingerprint density at radius 3 is 2.73 bits per heavy atom. The molecule has 0 N–H and O–H groups in total. The molecule has 1 aromatic carbocycles. The minimum atomic E-state index is -3.31. The Kier molecular flexibility index (Phi) is 5.22. The Hall–Kier alpha value is -2.09. The molecule has 0 radical (unpaired) electrons. The Morgan fingerprint density at radius 2 is 2.04 bits per heavy atom. The molecule has 2 aliphatic heterocycles. The average Bonchev–Trinajstić information content (AvgIpc) is 3.05. The van der Waals surface area contributed by atoms with Crippen molar-refractivity contribution in [1.82, 2.24) is 4.90 Å². The van der Waals surface area contributed by atoms with Crippen LogP contribution in [0.2, 0.25) is 0 Å². The molecule has 142 valence electrons. The average molecular weight is 380 g/mol. The largest absolute Gasteiger partial charge is 0.466 e. The normalized spacial score (nSPS) is 20.0. The molecule has 1 saturated heterocycles. The first-order chi connectivity index (χ1) is 12.3. The van der Waals surface area contributed by atoms with E-state index in [2.05, 4.69) is 0 Å². The topological polar surface area (TPSA) is 84.0 Å². The van der Waals surface area contributed by atoms with Gasteiger partial charge in [0.1, 0.15) is 0 Å². The summed E-state index contributed by atoms with van der Waals surface area (Å²) in [6, 6.07) is 5.14. The third-order valence-corrected chi connectivity index (χ3v) is 6.09. The van der Waals surface area contributed by atoms with E-state index in [-0.39, 0.29) is 17.8 Å². The summed E-state index contributed by atoms with van der Waals surface area (Å²) >= 11 is 0. The highest BCUT2D eigenvalue weighted by atomic mass is 32.2. The smallest absolute Gasteiger partial charge is 0.310 e. The van der Waals surface area contributed by atoms with E-state index in [0.717, 1.165) is 18.4 Å². The maximum absolute atomic E-state index is 12.8. The molecule has 2 heterocycles. The van der Waals surface area contributed by atoms with Crippen molar-refractivity contribution in [3.8, 4) is 0 Å². The van der Waals surface area contributed by atoms with Crippen LogP contribution < -0.4 is 4.31 Å². The Balaban J connectivity index is 1.76. The highest BCUT2D eigenvalue weighted by Crippen LogP contribution is 2.31. The summed E-state index contributed by atoms with van der Waals surface area (Å²) in [5.41, 5.74) is 2.04. The third-order valence-electron chi connectivity index (χ3n) is 4.91. The summed E-state index contributed by atoms with van der Waals surface area (Å²) in [5.74, 6) is -0.648. The zero-order valence-electron chi connectivity index (χ0n) is 15.1. The standard InChI is InChI=1S/C18H24N2O5S/c1-3-25-18(22)15-5-4-9-19(12-15)17(21)14-6-7-16-13(11-14)8-10-20(16)26(2,23)24/h6-7,11,15H,3-5,8-10,12H2,1-2H3/t15-/m0/s1. The van der Waals surface area contributed by atoms with Crippen LogP contribution in [0.3, 0.4) is 0 Å². The van der Waals surface area contributed by atoms with E-state index in [4.69, 9.17) is 4.74 Å². The predicted molar refractivity (Wildman–Crippen MR) is 97.6 cm³/mol. The van der Waals surface area contributed by atoms with Crippen LogP contribution in [0.1, 0.15) is 35.7 Å². The molecular formula is C18H24N2O5S. The zero-order valence-corrected chi connectivity index (χ0v) is 15.9.